The minimum atomic E-state index is -0.764. The highest BCUT2D eigenvalue weighted by Crippen LogP contribution is 2.33. The van der Waals surface area contributed by atoms with E-state index in [1.807, 2.05) is 6.07 Å². The Bertz CT molecular complexity index is 703. The van der Waals surface area contributed by atoms with Gasteiger partial charge in [0.2, 0.25) is 0 Å². The number of ether oxygens (including phenoxy) is 1. The molecule has 1 aromatic heterocycles. The molecule has 0 radical (unpaired) electrons. The first-order valence-corrected chi connectivity index (χ1v) is 6.32. The average molecular weight is 302 g/mol. The number of benzene rings is 1. The molecule has 1 heterocycles. The fourth-order valence-electron chi connectivity index (χ4n) is 1.92. The number of aromatic nitrogens is 1. The number of rotatable bonds is 6. The lowest BCUT2D eigenvalue weighted by molar-refractivity contribution is -0.385. The van der Waals surface area contributed by atoms with E-state index in [0.29, 0.717) is 12.2 Å². The van der Waals surface area contributed by atoms with Gasteiger partial charge in [0, 0.05) is 31.1 Å². The summed E-state index contributed by atoms with van der Waals surface area (Å²) in [6.07, 6.45) is 3.31. The van der Waals surface area contributed by atoms with E-state index in [1.54, 1.807) is 18.5 Å². The van der Waals surface area contributed by atoms with Crippen molar-refractivity contribution in [3.8, 4) is 5.75 Å². The van der Waals surface area contributed by atoms with Gasteiger partial charge in [-0.25, -0.2) is 0 Å². The number of carbonyl (C=O) groups excluding carboxylic acids is 1. The SMILES string of the molecule is COc1cc(NCc2cccnc2)c(C(N)=O)cc1[N+](=O)[O-]. The first-order chi connectivity index (χ1) is 10.5. The minimum Gasteiger partial charge on any atom is -0.490 e. The summed E-state index contributed by atoms with van der Waals surface area (Å²) >= 11 is 0. The number of nitrogens with one attached hydrogen (secondary N) is 1. The van der Waals surface area contributed by atoms with Crippen LogP contribution >= 0.6 is 0 Å². The molecule has 114 valence electrons. The monoisotopic (exact) mass is 302 g/mol. The van der Waals surface area contributed by atoms with E-state index in [2.05, 4.69) is 10.3 Å². The normalized spacial score (nSPS) is 10.0. The van der Waals surface area contributed by atoms with Crippen LogP contribution in [0, 0.1) is 10.1 Å². The number of primary amides is 1. The Kier molecular flexibility index (Phi) is 4.52. The van der Waals surface area contributed by atoms with Crippen molar-refractivity contribution in [2.24, 2.45) is 5.73 Å². The number of hydrogen-bond acceptors (Lipinski definition) is 6. The minimum absolute atomic E-state index is 0.0244. The van der Waals surface area contributed by atoms with E-state index in [1.165, 1.54) is 13.2 Å². The largest absolute Gasteiger partial charge is 0.490 e. The summed E-state index contributed by atoms with van der Waals surface area (Å²) in [6.45, 7) is 0.384. The van der Waals surface area contributed by atoms with Crippen LogP contribution in [0.25, 0.3) is 0 Å². The van der Waals surface area contributed by atoms with E-state index >= 15 is 0 Å². The van der Waals surface area contributed by atoms with Gasteiger partial charge in [0.15, 0.2) is 5.75 Å². The lowest BCUT2D eigenvalue weighted by Gasteiger charge is -2.12. The summed E-state index contributed by atoms with van der Waals surface area (Å²) in [4.78, 5) is 25.9. The zero-order valence-electron chi connectivity index (χ0n) is 11.8. The third kappa shape index (κ3) is 3.29. The first kappa shape index (κ1) is 15.2. The summed E-state index contributed by atoms with van der Waals surface area (Å²) in [5.74, 6) is -0.719. The molecule has 2 aromatic rings. The molecule has 8 nitrogen and oxygen atoms in total. The summed E-state index contributed by atoms with van der Waals surface area (Å²) in [6, 6.07) is 6.12. The number of nitrogens with zero attached hydrogens (tertiary/aromatic N) is 2. The zero-order valence-corrected chi connectivity index (χ0v) is 11.8. The number of nitrogens with two attached hydrogens (primary N) is 1. The van der Waals surface area contributed by atoms with Gasteiger partial charge in [-0.1, -0.05) is 6.07 Å². The van der Waals surface area contributed by atoms with E-state index < -0.39 is 10.8 Å². The number of pyridine rings is 1. The number of hydrogen-bond donors (Lipinski definition) is 2. The molecule has 0 bridgehead atoms. The van der Waals surface area contributed by atoms with Crippen molar-refractivity contribution in [3.05, 3.63) is 57.9 Å². The molecule has 8 heteroatoms. The summed E-state index contributed by atoms with van der Waals surface area (Å²) in [5, 5.41) is 14.0. The topological polar surface area (TPSA) is 120 Å². The Morgan fingerprint density at radius 3 is 2.82 bits per heavy atom. The van der Waals surface area contributed by atoms with Crippen LogP contribution in [-0.2, 0) is 6.54 Å². The predicted octanol–water partition coefficient (Wildman–Crippen LogP) is 1.71. The molecule has 3 N–H and O–H groups in total. The molecule has 0 aliphatic rings. The lowest BCUT2D eigenvalue weighted by Crippen LogP contribution is -2.15. The summed E-state index contributed by atoms with van der Waals surface area (Å²) in [5.41, 5.74) is 6.24. The molecule has 0 spiro atoms. The van der Waals surface area contributed by atoms with Crippen molar-refractivity contribution in [1.82, 2.24) is 4.98 Å². The van der Waals surface area contributed by atoms with Crippen LogP contribution in [0.2, 0.25) is 0 Å². The van der Waals surface area contributed by atoms with Crippen LogP contribution in [-0.4, -0.2) is 22.9 Å². The molecule has 0 aliphatic carbocycles. The van der Waals surface area contributed by atoms with E-state index in [-0.39, 0.29) is 17.0 Å². The van der Waals surface area contributed by atoms with Gasteiger partial charge in [-0.05, 0) is 11.6 Å². The molecule has 0 aliphatic heterocycles. The van der Waals surface area contributed by atoms with Gasteiger partial charge >= 0.3 is 5.69 Å². The highest BCUT2D eigenvalue weighted by atomic mass is 16.6. The highest BCUT2D eigenvalue weighted by molar-refractivity contribution is 5.99. The molecule has 0 saturated heterocycles. The zero-order chi connectivity index (χ0) is 16.1. The summed E-state index contributed by atoms with van der Waals surface area (Å²) < 4.78 is 4.99. The number of nitro benzene ring substituents is 1. The maximum Gasteiger partial charge on any atom is 0.311 e. The van der Waals surface area contributed by atoms with Crippen molar-refractivity contribution < 1.29 is 14.5 Å². The molecule has 22 heavy (non-hydrogen) atoms. The quantitative estimate of drug-likeness (QED) is 0.619. The second kappa shape index (κ2) is 6.53. The number of amides is 1. The third-order valence-corrected chi connectivity index (χ3v) is 2.99. The van der Waals surface area contributed by atoms with Gasteiger partial charge in [0.25, 0.3) is 5.91 Å². The molecule has 1 amide bonds. The second-order valence-corrected chi connectivity index (χ2v) is 4.41. The predicted molar refractivity (Wildman–Crippen MR) is 79.7 cm³/mol. The highest BCUT2D eigenvalue weighted by Gasteiger charge is 2.21. The van der Waals surface area contributed by atoms with Crippen LogP contribution in [0.15, 0.2) is 36.7 Å². The second-order valence-electron chi connectivity index (χ2n) is 4.41. The molecule has 0 fully saturated rings. The summed E-state index contributed by atoms with van der Waals surface area (Å²) in [7, 11) is 1.32. The van der Waals surface area contributed by atoms with Gasteiger partial charge in [-0.2, -0.15) is 0 Å². The van der Waals surface area contributed by atoms with Crippen LogP contribution in [0.5, 0.6) is 5.75 Å². The van der Waals surface area contributed by atoms with Gasteiger partial charge in [0.05, 0.1) is 23.3 Å². The van der Waals surface area contributed by atoms with Crippen molar-refractivity contribution in [2.75, 3.05) is 12.4 Å². The van der Waals surface area contributed by atoms with Crippen LogP contribution < -0.4 is 15.8 Å². The van der Waals surface area contributed by atoms with E-state index in [4.69, 9.17) is 10.5 Å². The van der Waals surface area contributed by atoms with E-state index in [9.17, 15) is 14.9 Å². The van der Waals surface area contributed by atoms with E-state index in [0.717, 1.165) is 11.6 Å². The van der Waals surface area contributed by atoms with Crippen molar-refractivity contribution in [3.63, 3.8) is 0 Å². The van der Waals surface area contributed by atoms with Crippen LogP contribution in [0.3, 0.4) is 0 Å². The third-order valence-electron chi connectivity index (χ3n) is 2.99. The van der Waals surface area contributed by atoms with Crippen molar-refractivity contribution in [1.29, 1.82) is 0 Å². The van der Waals surface area contributed by atoms with Gasteiger partial charge < -0.3 is 15.8 Å². The number of carbonyl (C=O) groups is 1. The fraction of sp³-hybridized carbons (Fsp3) is 0.143. The Labute approximate surface area is 126 Å². The van der Waals surface area contributed by atoms with Gasteiger partial charge in [-0.15, -0.1) is 0 Å². The van der Waals surface area contributed by atoms with Crippen LogP contribution in [0.1, 0.15) is 15.9 Å². The number of anilines is 1. The van der Waals surface area contributed by atoms with Crippen molar-refractivity contribution >= 4 is 17.3 Å². The first-order valence-electron chi connectivity index (χ1n) is 6.32. The molecule has 1 aromatic carbocycles. The van der Waals surface area contributed by atoms with Gasteiger partial charge in [-0.3, -0.25) is 19.9 Å². The molecular weight excluding hydrogens is 288 g/mol. The smallest absolute Gasteiger partial charge is 0.311 e. The Hall–Kier alpha value is -3.16. The lowest BCUT2D eigenvalue weighted by atomic mass is 10.1. The number of methoxy groups -OCH3 is 1. The van der Waals surface area contributed by atoms with Gasteiger partial charge in [0.1, 0.15) is 0 Å². The Balaban J connectivity index is 2.36. The fourth-order valence-corrected chi connectivity index (χ4v) is 1.92. The molecule has 2 rings (SSSR count). The van der Waals surface area contributed by atoms with Crippen molar-refractivity contribution in [2.45, 2.75) is 6.54 Å². The molecule has 0 saturated carbocycles. The standard InChI is InChI=1S/C14H14N4O4/c1-22-13-6-11(17-8-9-3-2-4-16-7-9)10(14(15)19)5-12(13)18(20)21/h2-7,17H,8H2,1H3,(H2,15,19). The maximum absolute atomic E-state index is 11.5. The Morgan fingerprint density at radius 1 is 1.50 bits per heavy atom. The molecular formula is C14H14N4O4. The van der Waals surface area contributed by atoms with Crippen LogP contribution in [0.4, 0.5) is 11.4 Å². The number of nitro groups is 1. The average Bonchev–Trinajstić information content (AvgIpc) is 2.52. The molecule has 0 atom stereocenters. The molecule has 0 unspecified atom stereocenters. The Morgan fingerprint density at radius 2 is 2.27 bits per heavy atom. The maximum atomic E-state index is 11.5.